The molecule has 5 aliphatic rings. The predicted octanol–water partition coefficient (Wildman–Crippen LogP) is -11.9. The molecule has 39 heteroatoms. The number of ether oxygens (including phenoxy) is 6. The Kier molecular flexibility index (Phi) is 27.4. The van der Waals surface area contributed by atoms with Crippen molar-refractivity contribution in [2.45, 2.75) is 219 Å². The molecule has 0 aliphatic carbocycles. The monoisotopic (exact) mass is 1310 g/mol. The third-order valence-corrected chi connectivity index (χ3v) is 16.0. The van der Waals surface area contributed by atoms with Crippen LogP contribution in [0.3, 0.4) is 0 Å². The van der Waals surface area contributed by atoms with Crippen LogP contribution in [0.5, 0.6) is 0 Å². The average molecular weight is 1310 g/mol. The van der Waals surface area contributed by atoms with Crippen molar-refractivity contribution in [3.63, 3.8) is 0 Å². The quantitative estimate of drug-likeness (QED) is 0.0180. The number of nitrogens with two attached hydrogens (primary N) is 4. The van der Waals surface area contributed by atoms with Gasteiger partial charge in [0.05, 0.1) is 50.5 Å². The van der Waals surface area contributed by atoms with E-state index in [1.165, 1.54) is 11.8 Å². The number of likely N-dealkylation sites (tertiary alicyclic amines) is 2. The Hall–Kier alpha value is -6.67. The van der Waals surface area contributed by atoms with Gasteiger partial charge in [-0.2, -0.15) is 0 Å². The lowest BCUT2D eigenvalue weighted by Crippen LogP contribution is -2.71. The fourth-order valence-electron chi connectivity index (χ4n) is 11.4. The second-order valence-corrected chi connectivity index (χ2v) is 22.8. The molecule has 0 aromatic carbocycles. The topological polar surface area (TPSA) is 632 Å². The molecule has 24 N–H and O–H groups in total. The van der Waals surface area contributed by atoms with Crippen molar-refractivity contribution in [2.24, 2.45) is 27.9 Å². The van der Waals surface area contributed by atoms with E-state index in [1.807, 2.05) is 0 Å². The molecule has 5 fully saturated rings. The number of carbonyl (C=O) groups is 10. The summed E-state index contributed by atoms with van der Waals surface area (Å²) in [6, 6.07) is -12.4. The van der Waals surface area contributed by atoms with E-state index in [0.29, 0.717) is 12.8 Å². The van der Waals surface area contributed by atoms with E-state index in [9.17, 15) is 104 Å². The van der Waals surface area contributed by atoms with E-state index in [-0.39, 0.29) is 51.3 Å². The molecule has 0 aromatic heterocycles. The number of guanidine groups is 1. The third kappa shape index (κ3) is 18.8. The number of primary amides is 1. The van der Waals surface area contributed by atoms with Crippen LogP contribution in [0.15, 0.2) is 4.99 Å². The number of nitrogens with zero attached hydrogens (tertiary/aromatic N) is 3. The maximum absolute atomic E-state index is 14.8. The fourth-order valence-corrected chi connectivity index (χ4v) is 11.4. The molecule has 39 nitrogen and oxygen atoms in total. The molecule has 0 unspecified atom stereocenters. The van der Waals surface area contributed by atoms with E-state index in [0.717, 1.165) is 25.7 Å². The molecular formula is C52H86N12O27. The molecule has 23 atom stereocenters. The zero-order chi connectivity index (χ0) is 68.1. The number of hydrogen-bond donors (Lipinski definition) is 20. The second-order valence-electron chi connectivity index (χ2n) is 22.8. The molecule has 0 bridgehead atoms. The van der Waals surface area contributed by atoms with Gasteiger partial charge in [-0.15, -0.1) is 0 Å². The summed E-state index contributed by atoms with van der Waals surface area (Å²) < 4.78 is 35.2. The zero-order valence-electron chi connectivity index (χ0n) is 50.2. The first-order valence-electron chi connectivity index (χ1n) is 29.2. The third-order valence-electron chi connectivity index (χ3n) is 16.0. The highest BCUT2D eigenvalue weighted by molar-refractivity contribution is 5.97. The summed E-state index contributed by atoms with van der Waals surface area (Å²) in [6.45, 7) is 1.08. The normalized spacial score (nSPS) is 32.3. The standard InChI is InChI=1S/C52H86N12O27/c1-19(46(82)63-12-6-9-25(63)42(54)78)58-44(80)26-10-7-13-64(26)47(83)24(8-5-11-57-51(55)56)61-45(81)32(62-43(79)23(53)14-31(72)73)20(2)86-48-34(60-22(4)69)39(36(75)29(17-66)87-48)89-49-38(77)41(37(76)30(18-67)88-49)91-52(50(84)85)15-27(70)33(59-21(3)68)40(90-52)35(74)28(71)16-65/h19-20,23-30,32-41,48-49,65-67,70-71,74-77H,5-18,53H2,1-4H3,(H2,54,78)(H,58,80)(H,59,68)(H,60,69)(H,61,81)(H,62,79)(H,72,73)(H,84,85)(H4,55,56,57)/t19-,20+,23-,24-,25-,26-,27-,28+,29+,30+,32-,33+,34+,35+,36-,37-,38+,39+,40+,41-,48-,49-,52-/m0/s1. The zero-order valence-corrected chi connectivity index (χ0v) is 50.2. The molecular weight excluding hydrogens is 1220 g/mol. The van der Waals surface area contributed by atoms with Crippen LogP contribution in [0, 0.1) is 0 Å². The highest BCUT2D eigenvalue weighted by atomic mass is 16.8. The van der Waals surface area contributed by atoms with Gasteiger partial charge in [0.2, 0.25) is 47.3 Å². The van der Waals surface area contributed by atoms with Crippen molar-refractivity contribution < 1.29 is 133 Å². The van der Waals surface area contributed by atoms with Gasteiger partial charge in [0, 0.05) is 39.9 Å². The summed E-state index contributed by atoms with van der Waals surface area (Å²) in [4.78, 5) is 139. The fraction of sp³-hybridized carbons (Fsp3) is 0.788. The van der Waals surface area contributed by atoms with Crippen molar-refractivity contribution in [1.82, 2.24) is 36.4 Å². The molecule has 91 heavy (non-hydrogen) atoms. The van der Waals surface area contributed by atoms with E-state index < -0.39 is 232 Å². The number of nitrogens with one attached hydrogen (secondary N) is 5. The first-order chi connectivity index (χ1) is 42.7. The molecule has 5 heterocycles. The lowest BCUT2D eigenvalue weighted by molar-refractivity contribution is -0.382. The number of rotatable bonds is 30. The number of aliphatic hydroxyl groups excluding tert-OH is 9. The molecule has 8 amide bonds. The number of aliphatic carboxylic acids is 2. The highest BCUT2D eigenvalue weighted by Gasteiger charge is 2.61. The first-order valence-corrected chi connectivity index (χ1v) is 29.2. The second kappa shape index (κ2) is 33.3. The lowest BCUT2D eigenvalue weighted by atomic mass is 9.88. The van der Waals surface area contributed by atoms with Crippen LogP contribution in [0.4, 0.5) is 0 Å². The maximum atomic E-state index is 14.8. The van der Waals surface area contributed by atoms with Crippen LogP contribution < -0.4 is 49.5 Å². The molecule has 5 aliphatic heterocycles. The van der Waals surface area contributed by atoms with Crippen LogP contribution in [-0.2, 0) is 76.4 Å². The minimum Gasteiger partial charge on any atom is -0.481 e. The van der Waals surface area contributed by atoms with Gasteiger partial charge in [-0.3, -0.25) is 48.1 Å². The summed E-state index contributed by atoms with van der Waals surface area (Å²) in [5, 5.41) is 130. The number of aliphatic imine (C=N–C) groups is 1. The van der Waals surface area contributed by atoms with Gasteiger partial charge >= 0.3 is 11.9 Å². The Balaban J connectivity index is 1.48. The molecule has 516 valence electrons. The first kappa shape index (κ1) is 75.1. The summed E-state index contributed by atoms with van der Waals surface area (Å²) in [5.41, 5.74) is 22.5. The van der Waals surface area contributed by atoms with Gasteiger partial charge in [-0.05, 0) is 52.4 Å². The van der Waals surface area contributed by atoms with Gasteiger partial charge in [0.15, 0.2) is 18.5 Å². The Labute approximate surface area is 519 Å². The van der Waals surface area contributed by atoms with Crippen molar-refractivity contribution in [1.29, 1.82) is 0 Å². The minimum absolute atomic E-state index is 0.0160. The van der Waals surface area contributed by atoms with Crippen LogP contribution >= 0.6 is 0 Å². The summed E-state index contributed by atoms with van der Waals surface area (Å²) in [5.74, 6) is -14.5. The maximum Gasteiger partial charge on any atom is 0.364 e. The van der Waals surface area contributed by atoms with Crippen molar-refractivity contribution in [3.8, 4) is 0 Å². The van der Waals surface area contributed by atoms with Crippen molar-refractivity contribution >= 4 is 65.2 Å². The predicted molar refractivity (Wildman–Crippen MR) is 300 cm³/mol. The molecule has 0 aromatic rings. The largest absolute Gasteiger partial charge is 0.481 e. The van der Waals surface area contributed by atoms with Crippen LogP contribution in [0.25, 0.3) is 0 Å². The Morgan fingerprint density at radius 2 is 1.31 bits per heavy atom. The van der Waals surface area contributed by atoms with Crippen LogP contribution in [-0.4, -0.2) is 311 Å². The molecule has 5 rings (SSSR count). The smallest absolute Gasteiger partial charge is 0.364 e. The van der Waals surface area contributed by atoms with Crippen molar-refractivity contribution in [3.05, 3.63) is 0 Å². The Morgan fingerprint density at radius 1 is 0.736 bits per heavy atom. The van der Waals surface area contributed by atoms with E-state index in [2.05, 4.69) is 31.6 Å². The number of hydrogen-bond acceptors (Lipinski definition) is 27. The molecule has 0 saturated carbocycles. The summed E-state index contributed by atoms with van der Waals surface area (Å²) >= 11 is 0. The number of aliphatic hydroxyl groups is 9. The van der Waals surface area contributed by atoms with Crippen LogP contribution in [0.2, 0.25) is 0 Å². The SMILES string of the molecule is CC(=O)N[C@H]1[C@@H](O[C@H](C)[C@H](NC(=O)[C@@H](N)CC(=O)O)C(=O)N[C@@H](CCCN=C(N)N)C(=O)N2CCC[C@H]2C(=O)N[C@@H](C)C(=O)N2CCC[C@H]2C(N)=O)O[C@H](CO)[C@H](O)[C@@H]1O[C@@H]1O[C@H](CO)[C@H](O)[C@H](O[C@]2(C(=O)O)C[C@H](O)[C@@H](NC(C)=O)[C@H]([C@H](O)[C@H](O)CO)O2)[C@H]1O. The summed E-state index contributed by atoms with van der Waals surface area (Å²) in [7, 11) is 0. The van der Waals surface area contributed by atoms with Gasteiger partial charge in [0.25, 0.3) is 5.79 Å². The van der Waals surface area contributed by atoms with Crippen molar-refractivity contribution in [2.75, 3.05) is 39.5 Å². The number of carboxylic acids is 2. The lowest BCUT2D eigenvalue weighted by Gasteiger charge is -2.51. The Bertz CT molecular complexity index is 2610. The van der Waals surface area contributed by atoms with Gasteiger partial charge in [-0.1, -0.05) is 0 Å². The minimum atomic E-state index is -3.24. The van der Waals surface area contributed by atoms with E-state index in [4.69, 9.17) is 51.4 Å². The molecule has 5 saturated heterocycles. The molecule has 0 spiro atoms. The Morgan fingerprint density at radius 3 is 1.86 bits per heavy atom. The number of amides is 8. The van der Waals surface area contributed by atoms with Gasteiger partial charge in [-0.25, -0.2) is 4.79 Å². The number of carbonyl (C=O) groups excluding carboxylic acids is 8. The van der Waals surface area contributed by atoms with Crippen LogP contribution in [0.1, 0.15) is 79.1 Å². The highest BCUT2D eigenvalue weighted by Crippen LogP contribution is 2.39. The summed E-state index contributed by atoms with van der Waals surface area (Å²) in [6.07, 6.45) is -30.9. The average Bonchev–Trinajstić information content (AvgIpc) is 1.50. The van der Waals surface area contributed by atoms with Gasteiger partial charge in [0.1, 0.15) is 97.3 Å². The van der Waals surface area contributed by atoms with Gasteiger partial charge < -0.3 is 144 Å². The molecule has 0 radical (unpaired) electrons. The van der Waals surface area contributed by atoms with E-state index in [1.54, 1.807) is 0 Å². The number of carboxylic acid groups (broad SMARTS) is 2. The van der Waals surface area contributed by atoms with E-state index >= 15 is 0 Å².